The predicted octanol–water partition coefficient (Wildman–Crippen LogP) is -0.176. The van der Waals surface area contributed by atoms with Crippen LogP contribution in [0.1, 0.15) is 86.0 Å². The van der Waals surface area contributed by atoms with Gasteiger partial charge < -0.3 is 83.9 Å². The van der Waals surface area contributed by atoms with Gasteiger partial charge in [0.25, 0.3) is 0 Å². The van der Waals surface area contributed by atoms with Crippen molar-refractivity contribution in [3.8, 4) is 0 Å². The molecule has 0 radical (unpaired) electrons. The lowest BCUT2D eigenvalue weighted by molar-refractivity contribution is -0.386. The third-order valence-corrected chi connectivity index (χ3v) is 17.4. The Morgan fingerprint density at radius 1 is 0.738 bits per heavy atom. The summed E-state index contributed by atoms with van der Waals surface area (Å²) in [5.74, 6) is 1.88. The van der Waals surface area contributed by atoms with Gasteiger partial charge in [-0.1, -0.05) is 39.3 Å². The highest BCUT2D eigenvalue weighted by Gasteiger charge is 2.69. The van der Waals surface area contributed by atoms with Crippen molar-refractivity contribution in [3.63, 3.8) is 0 Å². The molecular weight excluding hydrogens is 800 g/mol. The average Bonchev–Trinajstić information content (AvgIpc) is 3.68. The van der Waals surface area contributed by atoms with Gasteiger partial charge in [-0.2, -0.15) is 0 Å². The number of ether oxygens (including phenoxy) is 8. The number of fused-ring (bicyclic) bond motifs is 7. The molecule has 3 saturated carbocycles. The molecule has 0 bridgehead atoms. The summed E-state index contributed by atoms with van der Waals surface area (Å²) < 4.78 is 49.5. The summed E-state index contributed by atoms with van der Waals surface area (Å²) in [5, 5.41) is 97.4. The molecule has 61 heavy (non-hydrogen) atoms. The highest BCUT2D eigenvalue weighted by atomic mass is 16.8. The maximum atomic E-state index is 12.3. The van der Waals surface area contributed by atoms with Crippen molar-refractivity contribution >= 4 is 0 Å². The maximum Gasteiger partial charge on any atom is 0.187 e. The summed E-state index contributed by atoms with van der Waals surface area (Å²) >= 11 is 0. The molecule has 0 aromatic rings. The van der Waals surface area contributed by atoms with E-state index in [0.717, 1.165) is 50.7 Å². The van der Waals surface area contributed by atoms with E-state index in [2.05, 4.69) is 33.8 Å². The van der Waals surface area contributed by atoms with Gasteiger partial charge in [0.05, 0.1) is 44.2 Å². The highest BCUT2D eigenvalue weighted by Crippen LogP contribution is 2.70. The van der Waals surface area contributed by atoms with Crippen LogP contribution in [0.25, 0.3) is 0 Å². The van der Waals surface area contributed by atoms with Crippen LogP contribution in [-0.4, -0.2) is 176 Å². The summed E-state index contributed by atoms with van der Waals surface area (Å²) in [6, 6.07) is 0. The van der Waals surface area contributed by atoms with Gasteiger partial charge in [-0.05, 0) is 80.5 Å². The minimum Gasteiger partial charge on any atom is -0.394 e. The summed E-state index contributed by atoms with van der Waals surface area (Å²) in [7, 11) is 0. The smallest absolute Gasteiger partial charge is 0.187 e. The normalized spacial score (nSPS) is 58.4. The first kappa shape index (κ1) is 45.2. The number of hydrogen-bond donors (Lipinski definition) is 9. The van der Waals surface area contributed by atoms with Crippen molar-refractivity contribution in [1.82, 2.24) is 0 Å². The molecule has 9 rings (SSSR count). The summed E-state index contributed by atoms with van der Waals surface area (Å²) in [5.41, 5.74) is 0.707. The van der Waals surface area contributed by atoms with Crippen molar-refractivity contribution < 1.29 is 83.9 Å². The molecule has 0 amide bonds. The topological polar surface area (TPSA) is 256 Å². The van der Waals surface area contributed by atoms with Crippen molar-refractivity contribution in [2.24, 2.45) is 46.3 Å². The number of allylic oxidation sites excluding steroid dienone is 1. The van der Waals surface area contributed by atoms with Crippen LogP contribution in [0.3, 0.4) is 0 Å². The van der Waals surface area contributed by atoms with E-state index < -0.39 is 116 Å². The molecule has 17 heteroatoms. The Balaban J connectivity index is 0.929. The van der Waals surface area contributed by atoms with Gasteiger partial charge in [0, 0.05) is 24.2 Å². The molecule has 348 valence electrons. The van der Waals surface area contributed by atoms with E-state index >= 15 is 0 Å². The molecular formula is C44H70O17. The molecule has 9 N–H and O–H groups in total. The van der Waals surface area contributed by atoms with Crippen LogP contribution < -0.4 is 0 Å². The van der Waals surface area contributed by atoms with Crippen molar-refractivity contribution in [2.75, 3.05) is 19.8 Å². The van der Waals surface area contributed by atoms with E-state index in [1.807, 2.05) is 0 Å². The fraction of sp³-hybridized carbons (Fsp3) is 0.955. The van der Waals surface area contributed by atoms with Crippen LogP contribution in [0.2, 0.25) is 0 Å². The second-order valence-corrected chi connectivity index (χ2v) is 20.7. The molecule has 0 aromatic heterocycles. The van der Waals surface area contributed by atoms with E-state index in [9.17, 15) is 46.0 Å². The van der Waals surface area contributed by atoms with Gasteiger partial charge >= 0.3 is 0 Å². The molecule has 8 fully saturated rings. The molecule has 9 aliphatic rings. The monoisotopic (exact) mass is 870 g/mol. The lowest BCUT2D eigenvalue weighted by atomic mass is 9.46. The van der Waals surface area contributed by atoms with Crippen LogP contribution in [0, 0.1) is 46.3 Å². The quantitative estimate of drug-likeness (QED) is 0.151. The zero-order chi connectivity index (χ0) is 43.5. The Kier molecular flexibility index (Phi) is 12.4. The SMILES string of the molecule is C[C@@H]1CC[C@@]2(OC1)O[C@H]1C[C@H]3[C@@H]4CC=C5C[C@@H](O[C@@H]6O[C@H](CO)[C@@H](O[C@@H]7OC[C@@H](O)[C@H](O)[C@H]7O)[C@H](O)[C@H]6O[C@@H]6O[C@@H](C)[C@H](O)[C@@H](O)[C@H]6O)C[C@@H](O)[C@]5(C)[C@H]4CC[C@]3(C)[C@H]1[C@@H]2C. The molecule has 5 saturated heterocycles. The van der Waals surface area contributed by atoms with Gasteiger partial charge in [-0.3, -0.25) is 0 Å². The molecule has 26 atom stereocenters. The fourth-order valence-corrected chi connectivity index (χ4v) is 13.8. The predicted molar refractivity (Wildman–Crippen MR) is 210 cm³/mol. The number of hydrogen-bond acceptors (Lipinski definition) is 17. The third-order valence-electron chi connectivity index (χ3n) is 17.4. The Hall–Kier alpha value is -0.940. The zero-order valence-electron chi connectivity index (χ0n) is 35.9. The molecule has 17 nitrogen and oxygen atoms in total. The minimum atomic E-state index is -1.75. The first-order chi connectivity index (χ1) is 28.9. The lowest BCUT2D eigenvalue weighted by Crippen LogP contribution is -2.66. The Morgan fingerprint density at radius 2 is 1.48 bits per heavy atom. The zero-order valence-corrected chi connectivity index (χ0v) is 35.9. The summed E-state index contributed by atoms with van der Waals surface area (Å²) in [6.45, 7) is 10.4. The molecule has 4 aliphatic carbocycles. The largest absolute Gasteiger partial charge is 0.394 e. The van der Waals surface area contributed by atoms with Gasteiger partial charge in [-0.25, -0.2) is 0 Å². The Bertz CT molecular complexity index is 1590. The first-order valence-electron chi connectivity index (χ1n) is 22.9. The number of aliphatic hydroxyl groups is 9. The molecule has 5 heterocycles. The summed E-state index contributed by atoms with van der Waals surface area (Å²) in [4.78, 5) is 0. The maximum absolute atomic E-state index is 12.3. The molecule has 1 spiro atoms. The Morgan fingerprint density at radius 3 is 2.20 bits per heavy atom. The standard InChI is InChI=1S/C44H70O17/c1-18-8-11-44(55-16-18)19(2)30-27(61-44)14-25-23-7-6-21-12-22(13-29(47)43(21,5)24(23)9-10-42(25,30)4)57-41-38(60-40-35(52)33(50)31(48)20(3)56-40)36(53)37(28(15-45)58-41)59-39-34(51)32(49)26(46)17-54-39/h6,18-20,22-41,45-53H,7-17H2,1-5H3/t18-,19+,20+,22-,23-,24+,25+,26-,27+,28-,29-,30+,31+,32+,33-,34-,35-,36+,37-,38-,39+,40+,41-,42+,43+,44-/m1/s1. The van der Waals surface area contributed by atoms with Crippen LogP contribution in [0.5, 0.6) is 0 Å². The summed E-state index contributed by atoms with van der Waals surface area (Å²) in [6.07, 6.45) is -13.3. The Labute approximate surface area is 357 Å². The van der Waals surface area contributed by atoms with Crippen LogP contribution >= 0.6 is 0 Å². The van der Waals surface area contributed by atoms with Crippen molar-refractivity contribution in [3.05, 3.63) is 11.6 Å². The van der Waals surface area contributed by atoms with E-state index in [1.165, 1.54) is 6.92 Å². The van der Waals surface area contributed by atoms with Gasteiger partial charge in [-0.15, -0.1) is 0 Å². The minimum absolute atomic E-state index is 0.108. The highest BCUT2D eigenvalue weighted by molar-refractivity contribution is 5.28. The van der Waals surface area contributed by atoms with Gasteiger partial charge in [0.15, 0.2) is 24.7 Å². The number of rotatable bonds is 7. The van der Waals surface area contributed by atoms with Crippen LogP contribution in [0.15, 0.2) is 11.6 Å². The van der Waals surface area contributed by atoms with E-state index in [-0.39, 0.29) is 30.5 Å². The van der Waals surface area contributed by atoms with Gasteiger partial charge in [0.2, 0.25) is 0 Å². The molecule has 0 aromatic carbocycles. The van der Waals surface area contributed by atoms with Crippen molar-refractivity contribution in [1.29, 1.82) is 0 Å². The third kappa shape index (κ3) is 7.32. The molecule has 0 unspecified atom stereocenters. The van der Waals surface area contributed by atoms with E-state index in [1.54, 1.807) is 0 Å². The first-order valence-corrected chi connectivity index (χ1v) is 22.9. The molecule has 5 aliphatic heterocycles. The second kappa shape index (κ2) is 16.7. The van der Waals surface area contributed by atoms with Crippen LogP contribution in [-0.2, 0) is 37.9 Å². The second-order valence-electron chi connectivity index (χ2n) is 20.7. The van der Waals surface area contributed by atoms with E-state index in [0.29, 0.717) is 36.0 Å². The van der Waals surface area contributed by atoms with Crippen molar-refractivity contribution in [2.45, 2.75) is 196 Å². The van der Waals surface area contributed by atoms with E-state index in [4.69, 9.17) is 37.9 Å². The fourth-order valence-electron chi connectivity index (χ4n) is 13.8. The lowest BCUT2D eigenvalue weighted by Gasteiger charge is -2.60. The van der Waals surface area contributed by atoms with Gasteiger partial charge in [0.1, 0.15) is 61.0 Å². The average molecular weight is 871 g/mol. The number of aliphatic hydroxyl groups excluding tert-OH is 9. The van der Waals surface area contributed by atoms with Crippen LogP contribution in [0.4, 0.5) is 0 Å².